The summed E-state index contributed by atoms with van der Waals surface area (Å²) in [7, 11) is 5.58. The summed E-state index contributed by atoms with van der Waals surface area (Å²) in [6.45, 7) is 0.119. The lowest BCUT2D eigenvalue weighted by molar-refractivity contribution is -0.133. The van der Waals surface area contributed by atoms with Crippen LogP contribution in [0.4, 0.5) is 0 Å². The zero-order valence-electron chi connectivity index (χ0n) is 6.64. The average molecular weight is 170 g/mol. The predicted octanol–water partition coefficient (Wildman–Crippen LogP) is -1.75. The van der Waals surface area contributed by atoms with Gasteiger partial charge in [0.05, 0.1) is 25.9 Å². The van der Waals surface area contributed by atoms with Crippen LogP contribution >= 0.6 is 0 Å². The molecule has 0 aromatic rings. The minimum Gasteiger partial charge on any atom is -0.396 e. The van der Waals surface area contributed by atoms with Crippen molar-refractivity contribution in [3.63, 3.8) is 0 Å². The van der Waals surface area contributed by atoms with Crippen molar-refractivity contribution in [1.82, 2.24) is 0 Å². The molecule has 2 aliphatic heterocycles. The summed E-state index contributed by atoms with van der Waals surface area (Å²) < 4.78 is 10.6. The van der Waals surface area contributed by atoms with E-state index in [4.69, 9.17) is 27.5 Å². The molecule has 66 valence electrons. The molecule has 2 rings (SSSR count). The second-order valence-corrected chi connectivity index (χ2v) is 3.37. The highest BCUT2D eigenvalue weighted by Gasteiger charge is 2.58. The molecular formula is C7H11BO4. The summed E-state index contributed by atoms with van der Waals surface area (Å²) in [6, 6.07) is -0.511. The van der Waals surface area contributed by atoms with Crippen molar-refractivity contribution in [3.8, 4) is 0 Å². The third kappa shape index (κ3) is 0.878. The number of aliphatic hydroxyl groups excluding tert-OH is 2. The zero-order valence-corrected chi connectivity index (χ0v) is 6.64. The Balaban J connectivity index is 2.23. The molecule has 0 aromatic heterocycles. The Morgan fingerprint density at radius 2 is 2.25 bits per heavy atom. The topological polar surface area (TPSA) is 58.9 Å². The van der Waals surface area contributed by atoms with E-state index in [1.807, 2.05) is 0 Å². The average Bonchev–Trinajstić information content (AvgIpc) is 2.56. The molecular weight excluding hydrogens is 159 g/mol. The van der Waals surface area contributed by atoms with Gasteiger partial charge in [0, 0.05) is 11.9 Å². The third-order valence-corrected chi connectivity index (χ3v) is 2.75. The highest BCUT2D eigenvalue weighted by molar-refractivity contribution is 6.11. The Kier molecular flexibility index (Phi) is 1.91. The minimum absolute atomic E-state index is 0.0566. The van der Waals surface area contributed by atoms with Crippen LogP contribution in [0.15, 0.2) is 0 Å². The van der Waals surface area contributed by atoms with Gasteiger partial charge in [-0.3, -0.25) is 0 Å². The number of ether oxygens (including phenoxy) is 2. The molecule has 4 nitrogen and oxygen atoms in total. The number of rotatable bonds is 2. The van der Waals surface area contributed by atoms with Crippen molar-refractivity contribution in [1.29, 1.82) is 0 Å². The van der Waals surface area contributed by atoms with Crippen molar-refractivity contribution in [2.75, 3.05) is 19.8 Å². The minimum atomic E-state index is -0.751. The van der Waals surface area contributed by atoms with Crippen LogP contribution in [0.5, 0.6) is 0 Å². The van der Waals surface area contributed by atoms with Crippen LogP contribution in [-0.4, -0.2) is 55.6 Å². The van der Waals surface area contributed by atoms with E-state index in [1.165, 1.54) is 0 Å². The molecule has 2 saturated heterocycles. The quantitative estimate of drug-likeness (QED) is 0.482. The molecule has 0 aromatic carbocycles. The maximum absolute atomic E-state index is 9.09. The number of aliphatic hydroxyl groups is 2. The first-order valence-corrected chi connectivity index (χ1v) is 4.00. The molecule has 12 heavy (non-hydrogen) atoms. The van der Waals surface area contributed by atoms with Gasteiger partial charge in [-0.2, -0.15) is 0 Å². The summed E-state index contributed by atoms with van der Waals surface area (Å²) >= 11 is 0. The Hall–Kier alpha value is -0.0951. The largest absolute Gasteiger partial charge is 0.396 e. The van der Waals surface area contributed by atoms with Crippen LogP contribution in [-0.2, 0) is 9.47 Å². The Labute approximate surface area is 71.9 Å². The van der Waals surface area contributed by atoms with Crippen LogP contribution in [0.25, 0.3) is 0 Å². The standard InChI is InChI=1S/C7H11BO4/c8-6-5-4(1-9)7(2-10,12-6)3-11-5/h4-6,9-10H,1-3H2. The summed E-state index contributed by atoms with van der Waals surface area (Å²) in [4.78, 5) is 0. The van der Waals surface area contributed by atoms with Crippen molar-refractivity contribution in [2.24, 2.45) is 5.92 Å². The maximum Gasteiger partial charge on any atom is 0.121 e. The fourth-order valence-electron chi connectivity index (χ4n) is 2.01. The second kappa shape index (κ2) is 2.70. The van der Waals surface area contributed by atoms with Gasteiger partial charge in [0.15, 0.2) is 0 Å². The molecule has 2 heterocycles. The van der Waals surface area contributed by atoms with E-state index in [1.54, 1.807) is 0 Å². The lowest BCUT2D eigenvalue weighted by Crippen LogP contribution is -2.43. The van der Waals surface area contributed by atoms with E-state index in [9.17, 15) is 0 Å². The highest BCUT2D eigenvalue weighted by atomic mass is 16.6. The molecule has 4 atom stereocenters. The van der Waals surface area contributed by atoms with Gasteiger partial charge in [-0.25, -0.2) is 0 Å². The lowest BCUT2D eigenvalue weighted by atomic mass is 9.85. The van der Waals surface area contributed by atoms with Crippen LogP contribution in [0.2, 0.25) is 0 Å². The van der Waals surface area contributed by atoms with Gasteiger partial charge in [-0.1, -0.05) is 0 Å². The molecule has 5 heteroatoms. The van der Waals surface area contributed by atoms with Gasteiger partial charge >= 0.3 is 0 Å². The summed E-state index contributed by atoms with van der Waals surface area (Å²) in [5.74, 6) is -0.183. The van der Waals surface area contributed by atoms with Crippen LogP contribution in [0.1, 0.15) is 0 Å². The first-order chi connectivity index (χ1) is 5.73. The summed E-state index contributed by atoms with van der Waals surface area (Å²) in [5, 5.41) is 18.1. The maximum atomic E-state index is 9.09. The fraction of sp³-hybridized carbons (Fsp3) is 1.00. The van der Waals surface area contributed by atoms with E-state index in [0.717, 1.165) is 0 Å². The van der Waals surface area contributed by atoms with Gasteiger partial charge in [-0.05, 0) is 0 Å². The van der Waals surface area contributed by atoms with Gasteiger partial charge in [-0.15, -0.1) is 0 Å². The monoisotopic (exact) mass is 170 g/mol. The molecule has 0 spiro atoms. The molecule has 0 saturated carbocycles. The number of fused-ring (bicyclic) bond motifs is 2. The third-order valence-electron chi connectivity index (χ3n) is 2.75. The molecule has 2 N–H and O–H groups in total. The first-order valence-electron chi connectivity index (χ1n) is 4.00. The van der Waals surface area contributed by atoms with E-state index < -0.39 is 11.6 Å². The van der Waals surface area contributed by atoms with Crippen molar-refractivity contribution in [2.45, 2.75) is 17.7 Å². The molecule has 2 aliphatic rings. The molecule has 0 amide bonds. The second-order valence-electron chi connectivity index (χ2n) is 3.37. The molecule has 4 unspecified atom stereocenters. The van der Waals surface area contributed by atoms with Gasteiger partial charge in [0.2, 0.25) is 0 Å². The van der Waals surface area contributed by atoms with Gasteiger partial charge in [0.1, 0.15) is 13.4 Å². The van der Waals surface area contributed by atoms with Crippen molar-refractivity contribution < 1.29 is 19.7 Å². The SMILES string of the molecule is [B]C1OC2(CO)COC1C2CO. The number of hydrogen-bond acceptors (Lipinski definition) is 4. The normalized spacial score (nSPS) is 51.7. The first kappa shape index (κ1) is 8.50. The van der Waals surface area contributed by atoms with Crippen molar-refractivity contribution >= 4 is 7.85 Å². The zero-order chi connectivity index (χ0) is 8.77. The van der Waals surface area contributed by atoms with Crippen LogP contribution in [0, 0.1) is 5.92 Å². The number of hydrogen-bond donors (Lipinski definition) is 2. The van der Waals surface area contributed by atoms with Gasteiger partial charge in [0.25, 0.3) is 0 Å². The van der Waals surface area contributed by atoms with Gasteiger partial charge < -0.3 is 19.7 Å². The van der Waals surface area contributed by atoms with Crippen LogP contribution < -0.4 is 0 Å². The molecule has 2 fully saturated rings. The summed E-state index contributed by atoms with van der Waals surface area (Å²) in [6.07, 6.45) is -0.262. The smallest absolute Gasteiger partial charge is 0.121 e. The van der Waals surface area contributed by atoms with E-state index in [0.29, 0.717) is 6.61 Å². The van der Waals surface area contributed by atoms with Crippen molar-refractivity contribution in [3.05, 3.63) is 0 Å². The van der Waals surface area contributed by atoms with E-state index in [-0.39, 0.29) is 25.2 Å². The Morgan fingerprint density at radius 1 is 1.50 bits per heavy atom. The molecule has 2 radical (unpaired) electrons. The highest BCUT2D eigenvalue weighted by Crippen LogP contribution is 2.43. The molecule has 2 bridgehead atoms. The predicted molar refractivity (Wildman–Crippen MR) is 40.8 cm³/mol. The Bertz CT molecular complexity index is 188. The lowest BCUT2D eigenvalue weighted by Gasteiger charge is -2.28. The fourth-order valence-corrected chi connectivity index (χ4v) is 2.01. The van der Waals surface area contributed by atoms with Crippen LogP contribution in [0.3, 0.4) is 0 Å². The summed E-state index contributed by atoms with van der Waals surface area (Å²) in [5.41, 5.74) is -0.751. The Morgan fingerprint density at radius 3 is 2.67 bits per heavy atom. The van der Waals surface area contributed by atoms with E-state index >= 15 is 0 Å². The van der Waals surface area contributed by atoms with E-state index in [2.05, 4.69) is 0 Å². The molecule has 0 aliphatic carbocycles.